The van der Waals surface area contributed by atoms with Gasteiger partial charge in [-0.05, 0) is 78.2 Å². The minimum absolute atomic E-state index is 0.111. The first-order valence-corrected chi connectivity index (χ1v) is 13.0. The lowest BCUT2D eigenvalue weighted by Crippen LogP contribution is -2.15. The van der Waals surface area contributed by atoms with Gasteiger partial charge in [0.25, 0.3) is 5.91 Å². The second-order valence-corrected chi connectivity index (χ2v) is 9.35. The highest BCUT2D eigenvalue weighted by molar-refractivity contribution is 6.06. The van der Waals surface area contributed by atoms with E-state index < -0.39 is 17.6 Å². The average Bonchev–Trinajstić information content (AvgIpc) is 3.00. The van der Waals surface area contributed by atoms with E-state index in [9.17, 15) is 22.8 Å². The number of alkyl halides is 3. The van der Waals surface area contributed by atoms with Crippen molar-refractivity contribution in [1.82, 2.24) is 15.0 Å². The van der Waals surface area contributed by atoms with Gasteiger partial charge in [0.2, 0.25) is 5.91 Å². The smallest absolute Gasteiger partial charge is 0.416 e. The molecule has 0 saturated carbocycles. The molecule has 0 radical (unpaired) electrons. The summed E-state index contributed by atoms with van der Waals surface area (Å²) >= 11 is 0. The van der Waals surface area contributed by atoms with Crippen molar-refractivity contribution < 1.29 is 27.5 Å². The molecular weight excluding hydrogens is 559 g/mol. The van der Waals surface area contributed by atoms with Crippen LogP contribution in [-0.4, -0.2) is 33.9 Å². The molecule has 0 aliphatic heterocycles. The average molecular weight is 584 g/mol. The normalized spacial score (nSPS) is 11.5. The number of amides is 2. The number of nitrogens with one attached hydrogen (secondary N) is 2. The van der Waals surface area contributed by atoms with E-state index in [-0.39, 0.29) is 23.0 Å². The number of ether oxygens (including phenoxy) is 1. The molecule has 2 N–H and O–H groups in total. The number of nitrogens with zero attached hydrogens (tertiary/aromatic N) is 3. The number of aromatic nitrogens is 3. The third kappa shape index (κ3) is 6.51. The van der Waals surface area contributed by atoms with Gasteiger partial charge in [0, 0.05) is 29.0 Å². The molecule has 0 spiro atoms. The van der Waals surface area contributed by atoms with Crippen LogP contribution in [0.3, 0.4) is 0 Å². The van der Waals surface area contributed by atoms with Crippen LogP contribution in [0.1, 0.15) is 22.8 Å². The summed E-state index contributed by atoms with van der Waals surface area (Å²) in [6, 6.07) is 17.7. The predicted octanol–water partition coefficient (Wildman–Crippen LogP) is 7.15. The van der Waals surface area contributed by atoms with Crippen molar-refractivity contribution in [2.45, 2.75) is 13.1 Å². The molecule has 216 valence electrons. The Morgan fingerprint density at radius 3 is 2.51 bits per heavy atom. The summed E-state index contributed by atoms with van der Waals surface area (Å²) in [6.07, 6.45) is 2.63. The van der Waals surface area contributed by atoms with E-state index in [0.29, 0.717) is 16.8 Å². The van der Waals surface area contributed by atoms with Crippen molar-refractivity contribution in [3.63, 3.8) is 0 Å². The number of halogens is 3. The Hall–Kier alpha value is -5.58. The monoisotopic (exact) mass is 583 g/mol. The Labute approximate surface area is 244 Å². The summed E-state index contributed by atoms with van der Waals surface area (Å²) < 4.78 is 44.8. The highest BCUT2D eigenvalue weighted by atomic mass is 19.4. The van der Waals surface area contributed by atoms with Crippen LogP contribution in [0.4, 0.5) is 24.7 Å². The number of benzene rings is 3. The zero-order chi connectivity index (χ0) is 30.6. The SMILES string of the molecule is C/C=C/C(=O)Nc1cccc(-c2cc(-c3ccc(C(=O)Nc4cc(C(F)(F)F)ccn4)c(OC)c3)cc3cncnc23)c1. The largest absolute Gasteiger partial charge is 0.496 e. The molecule has 5 aromatic rings. The van der Waals surface area contributed by atoms with Gasteiger partial charge in [-0.15, -0.1) is 0 Å². The fourth-order valence-electron chi connectivity index (χ4n) is 4.51. The second-order valence-electron chi connectivity index (χ2n) is 9.35. The number of methoxy groups -OCH3 is 1. The molecule has 43 heavy (non-hydrogen) atoms. The standard InChI is InChI=1S/C32H24F3N5O3/c1-3-5-29(41)39-24-7-4-6-20(13-24)26-14-21(12-22-17-36-18-38-30(22)26)19-8-9-25(27(15-19)43-2)31(42)40-28-16-23(10-11-37-28)32(33,34)35/h3-18H,1-2H3,(H,39,41)(H,37,40,42)/b5-3+. The van der Waals surface area contributed by atoms with Crippen LogP contribution in [0.25, 0.3) is 33.2 Å². The molecular formula is C32H24F3N5O3. The lowest BCUT2D eigenvalue weighted by atomic mass is 9.95. The molecule has 2 amide bonds. The fraction of sp³-hybridized carbons (Fsp3) is 0.0938. The molecule has 0 aliphatic rings. The van der Waals surface area contributed by atoms with Crippen molar-refractivity contribution in [2.75, 3.05) is 17.7 Å². The van der Waals surface area contributed by atoms with Gasteiger partial charge >= 0.3 is 6.18 Å². The van der Waals surface area contributed by atoms with Crippen LogP contribution < -0.4 is 15.4 Å². The van der Waals surface area contributed by atoms with Gasteiger partial charge in [0.1, 0.15) is 17.9 Å². The Kier molecular flexibility index (Phi) is 8.15. The van der Waals surface area contributed by atoms with Crippen molar-refractivity contribution in [3.05, 3.63) is 109 Å². The van der Waals surface area contributed by atoms with E-state index in [2.05, 4.69) is 25.6 Å². The van der Waals surface area contributed by atoms with Gasteiger partial charge in [-0.2, -0.15) is 13.2 Å². The van der Waals surface area contributed by atoms with Crippen molar-refractivity contribution in [3.8, 4) is 28.0 Å². The lowest BCUT2D eigenvalue weighted by molar-refractivity contribution is -0.137. The van der Waals surface area contributed by atoms with E-state index in [1.807, 2.05) is 30.3 Å². The minimum atomic E-state index is -4.58. The van der Waals surface area contributed by atoms with Crippen molar-refractivity contribution >= 4 is 34.2 Å². The Balaban J connectivity index is 1.51. The predicted molar refractivity (Wildman–Crippen MR) is 158 cm³/mol. The lowest BCUT2D eigenvalue weighted by Gasteiger charge is -2.14. The zero-order valence-corrected chi connectivity index (χ0v) is 22.9. The molecule has 0 unspecified atom stereocenters. The first kappa shape index (κ1) is 28.9. The summed E-state index contributed by atoms with van der Waals surface area (Å²) in [5.41, 5.74) is 3.56. The van der Waals surface area contributed by atoms with Crippen LogP contribution >= 0.6 is 0 Å². The molecule has 2 aromatic heterocycles. The maximum atomic E-state index is 13.1. The molecule has 0 fully saturated rings. The molecule has 0 aliphatic carbocycles. The first-order valence-electron chi connectivity index (χ1n) is 13.0. The third-order valence-electron chi connectivity index (χ3n) is 6.47. The van der Waals surface area contributed by atoms with Gasteiger partial charge in [-0.1, -0.05) is 24.3 Å². The zero-order valence-electron chi connectivity index (χ0n) is 22.9. The number of pyridine rings is 1. The van der Waals surface area contributed by atoms with Gasteiger partial charge in [0.15, 0.2) is 0 Å². The van der Waals surface area contributed by atoms with Crippen molar-refractivity contribution in [2.24, 2.45) is 0 Å². The van der Waals surface area contributed by atoms with E-state index >= 15 is 0 Å². The summed E-state index contributed by atoms with van der Waals surface area (Å²) in [5, 5.41) is 6.00. The maximum absolute atomic E-state index is 13.1. The molecule has 0 atom stereocenters. The van der Waals surface area contributed by atoms with E-state index in [4.69, 9.17) is 4.74 Å². The van der Waals surface area contributed by atoms with Gasteiger partial charge in [-0.25, -0.2) is 15.0 Å². The summed E-state index contributed by atoms with van der Waals surface area (Å²) in [6.45, 7) is 1.76. The molecule has 8 nitrogen and oxygen atoms in total. The highest BCUT2D eigenvalue weighted by Gasteiger charge is 2.31. The number of carbonyl (C=O) groups is 2. The van der Waals surface area contributed by atoms with Crippen molar-refractivity contribution in [1.29, 1.82) is 0 Å². The molecule has 5 rings (SSSR count). The summed E-state index contributed by atoms with van der Waals surface area (Å²) in [5.74, 6) is -0.962. The topological polar surface area (TPSA) is 106 Å². The van der Waals surface area contributed by atoms with E-state index in [1.165, 1.54) is 25.6 Å². The second kappa shape index (κ2) is 12.1. The van der Waals surface area contributed by atoms with E-state index in [1.54, 1.807) is 37.4 Å². The number of allylic oxidation sites excluding steroid dienone is 1. The molecule has 0 saturated heterocycles. The Morgan fingerprint density at radius 2 is 1.74 bits per heavy atom. The summed E-state index contributed by atoms with van der Waals surface area (Å²) in [4.78, 5) is 37.6. The number of carbonyl (C=O) groups excluding carboxylic acids is 2. The van der Waals surface area contributed by atoms with Gasteiger partial charge < -0.3 is 15.4 Å². The maximum Gasteiger partial charge on any atom is 0.416 e. The summed E-state index contributed by atoms with van der Waals surface area (Å²) in [7, 11) is 1.39. The molecule has 0 bridgehead atoms. The molecule has 2 heterocycles. The quantitative estimate of drug-likeness (QED) is 0.197. The Morgan fingerprint density at radius 1 is 0.907 bits per heavy atom. The number of hydrogen-bond acceptors (Lipinski definition) is 6. The minimum Gasteiger partial charge on any atom is -0.496 e. The number of fused-ring (bicyclic) bond motifs is 1. The fourth-order valence-corrected chi connectivity index (χ4v) is 4.51. The number of hydrogen-bond donors (Lipinski definition) is 2. The highest BCUT2D eigenvalue weighted by Crippen LogP contribution is 2.36. The first-order chi connectivity index (χ1) is 20.7. The van der Waals surface area contributed by atoms with Crippen LogP contribution in [0.2, 0.25) is 0 Å². The van der Waals surface area contributed by atoms with Crippen LogP contribution in [0, 0.1) is 0 Å². The third-order valence-corrected chi connectivity index (χ3v) is 6.47. The van der Waals surface area contributed by atoms with E-state index in [0.717, 1.165) is 40.4 Å². The molecule has 11 heteroatoms. The number of rotatable bonds is 7. The van der Waals surface area contributed by atoms with Crippen LogP contribution in [0.15, 0.2) is 97.6 Å². The Bertz CT molecular complexity index is 1870. The van der Waals surface area contributed by atoms with Crippen LogP contribution in [-0.2, 0) is 11.0 Å². The molecule has 3 aromatic carbocycles. The van der Waals surface area contributed by atoms with Gasteiger partial charge in [0.05, 0.1) is 23.8 Å². The number of anilines is 2. The van der Waals surface area contributed by atoms with Crippen LogP contribution in [0.5, 0.6) is 5.75 Å². The van der Waals surface area contributed by atoms with Gasteiger partial charge in [-0.3, -0.25) is 9.59 Å².